The second-order valence-electron chi connectivity index (χ2n) is 19.2. The molecular weight excluding hydrogens is 1120 g/mol. The minimum atomic E-state index is -5.43. The van der Waals surface area contributed by atoms with E-state index in [9.17, 15) is 105 Å². The lowest BCUT2D eigenvalue weighted by molar-refractivity contribution is -0.377. The van der Waals surface area contributed by atoms with Crippen LogP contribution in [0.2, 0.25) is 0 Å². The van der Waals surface area contributed by atoms with Crippen molar-refractivity contribution in [1.82, 2.24) is 26.6 Å². The van der Waals surface area contributed by atoms with E-state index in [1.54, 1.807) is 0 Å². The lowest BCUT2D eigenvalue weighted by Crippen LogP contribution is -2.71. The van der Waals surface area contributed by atoms with Gasteiger partial charge in [0.1, 0.15) is 128 Å². The Morgan fingerprint density at radius 2 is 0.900 bits per heavy atom. The van der Waals surface area contributed by atoms with Crippen LogP contribution in [0, 0.1) is 0 Å². The normalized spacial score (nSPS) is 41.5. The van der Waals surface area contributed by atoms with Gasteiger partial charge in [0.25, 0.3) is 0 Å². The Hall–Kier alpha value is -3.91. The molecule has 27 atom stereocenters. The average molecular weight is 1190 g/mol. The van der Waals surface area contributed by atoms with Gasteiger partial charge in [-0.05, 0) is 0 Å². The van der Waals surface area contributed by atoms with Crippen LogP contribution in [0.25, 0.3) is 0 Å². The second kappa shape index (κ2) is 29.1. The first-order valence-electron chi connectivity index (χ1n) is 24.6. The molecule has 5 aliphatic rings. The third-order valence-corrected chi connectivity index (χ3v) is 14.1. The van der Waals surface area contributed by atoms with Crippen molar-refractivity contribution in [3.05, 3.63) is 0 Å². The summed E-state index contributed by atoms with van der Waals surface area (Å²) < 4.78 is 68.6. The zero-order valence-corrected chi connectivity index (χ0v) is 43.9. The number of amides is 6. The lowest BCUT2D eigenvalue weighted by atomic mass is 9.93. The van der Waals surface area contributed by atoms with Gasteiger partial charge >= 0.3 is 7.82 Å². The van der Waals surface area contributed by atoms with Crippen LogP contribution in [0.5, 0.6) is 0 Å². The molecule has 5 rings (SSSR count). The van der Waals surface area contributed by atoms with Crippen molar-refractivity contribution in [3.8, 4) is 0 Å². The van der Waals surface area contributed by atoms with Crippen LogP contribution >= 0.6 is 7.82 Å². The quantitative estimate of drug-likeness (QED) is 0.0423. The van der Waals surface area contributed by atoms with Crippen molar-refractivity contribution < 1.29 is 152 Å². The van der Waals surface area contributed by atoms with Crippen molar-refractivity contribution in [1.29, 1.82) is 0 Å². The smallest absolute Gasteiger partial charge is 0.394 e. The van der Waals surface area contributed by atoms with E-state index in [-0.39, 0.29) is 0 Å². The van der Waals surface area contributed by atoms with Gasteiger partial charge < -0.3 is 141 Å². The van der Waals surface area contributed by atoms with Gasteiger partial charge in [-0.2, -0.15) is 0 Å². The standard InChI is InChI=1S/C42H71N6O31P/c1-11(53)44-15(37(43)67)5-21(57)48-38-22(45-12(2)54)28(61)34(17(7-50)71-38)76-39-24(47-14(4)56)29(62)35(18(8-51)73-39)77-42-33(66)31(64)36(19(9-52)74-42)78-41-32(65)30(63)26(59)20(75-41)10-70-80(68,69)79-40-23(46-13(3)55)27(60)25(58)16(6-49)72-40/h15-20,22-36,38-42,49-52,58-66H,5-10H2,1-4H3,(H2,43,67)(H,44,53)(H,45,54)(H,46,55)(H,47,56)(H,48,57)(H,68,69)/t15-,16+,17+,18+,19+,20+,22+,23+,24+,25+,26+,27+,28+,29+,30-,31+,32-,33-,34+,35+,36+,38?,39-,40-,41-,42-/m0/s1. The van der Waals surface area contributed by atoms with Gasteiger partial charge in [0.2, 0.25) is 35.4 Å². The molecule has 0 radical (unpaired) electrons. The van der Waals surface area contributed by atoms with Crippen LogP contribution in [-0.2, 0) is 80.3 Å². The number of aliphatic hydroxyl groups is 13. The molecule has 0 bridgehead atoms. The van der Waals surface area contributed by atoms with Crippen molar-refractivity contribution in [2.24, 2.45) is 5.73 Å². The highest BCUT2D eigenvalue weighted by molar-refractivity contribution is 7.47. The number of hydrogen-bond acceptors (Lipinski definition) is 30. The second-order valence-corrected chi connectivity index (χ2v) is 20.6. The van der Waals surface area contributed by atoms with Crippen molar-refractivity contribution in [2.45, 2.75) is 193 Å². The zero-order chi connectivity index (χ0) is 59.8. The number of hydrogen-bond donors (Lipinski definition) is 20. The van der Waals surface area contributed by atoms with Gasteiger partial charge in [-0.15, -0.1) is 0 Å². The van der Waals surface area contributed by atoms with Crippen molar-refractivity contribution >= 4 is 43.3 Å². The van der Waals surface area contributed by atoms with Crippen LogP contribution in [0.4, 0.5) is 0 Å². The van der Waals surface area contributed by atoms with Crippen molar-refractivity contribution in [3.63, 3.8) is 0 Å². The summed E-state index contributed by atoms with van der Waals surface area (Å²) in [6.45, 7) is -1.19. The number of phosphoric ester groups is 1. The van der Waals surface area contributed by atoms with E-state index in [1.807, 2.05) is 0 Å². The number of aliphatic hydroxyl groups excluding tert-OH is 13. The predicted octanol–water partition coefficient (Wildman–Crippen LogP) is -12.9. The van der Waals surface area contributed by atoms with Crippen LogP contribution in [0.3, 0.4) is 0 Å². The van der Waals surface area contributed by atoms with Crippen LogP contribution in [0.15, 0.2) is 0 Å². The van der Waals surface area contributed by atoms with E-state index >= 15 is 0 Å². The summed E-state index contributed by atoms with van der Waals surface area (Å²) in [5, 5.41) is 152. The first-order chi connectivity index (χ1) is 37.5. The number of carbonyl (C=O) groups is 6. The first kappa shape index (κ1) is 66.9. The van der Waals surface area contributed by atoms with E-state index in [0.717, 1.165) is 27.7 Å². The van der Waals surface area contributed by atoms with Gasteiger partial charge in [-0.1, -0.05) is 0 Å². The summed E-state index contributed by atoms with van der Waals surface area (Å²) in [5.74, 6) is -5.24. The molecule has 0 aromatic carbocycles. The number of primary amides is 1. The zero-order valence-electron chi connectivity index (χ0n) is 43.0. The van der Waals surface area contributed by atoms with E-state index < -0.39 is 242 Å². The highest BCUT2D eigenvalue weighted by atomic mass is 31.2. The molecule has 5 aliphatic heterocycles. The van der Waals surface area contributed by atoms with Gasteiger partial charge in [0, 0.05) is 27.7 Å². The van der Waals surface area contributed by atoms with Gasteiger partial charge in [-0.3, -0.25) is 37.8 Å². The van der Waals surface area contributed by atoms with Gasteiger partial charge in [0.15, 0.2) is 31.4 Å². The summed E-state index contributed by atoms with van der Waals surface area (Å²) in [4.78, 5) is 83.7. The predicted molar refractivity (Wildman–Crippen MR) is 250 cm³/mol. The van der Waals surface area contributed by atoms with E-state index in [2.05, 4.69) is 26.6 Å². The summed E-state index contributed by atoms with van der Waals surface area (Å²) in [6.07, 6.45) is -43.7. The highest BCUT2D eigenvalue weighted by Gasteiger charge is 2.57. The number of rotatable bonds is 23. The molecule has 80 heavy (non-hydrogen) atoms. The maximum atomic E-state index is 13.1. The topological polar surface area (TPSA) is 581 Å². The Bertz CT molecular complexity index is 2160. The molecule has 5 fully saturated rings. The average Bonchev–Trinajstić information content (AvgIpc) is 3.38. The molecule has 21 N–H and O–H groups in total. The fourth-order valence-corrected chi connectivity index (χ4v) is 10.1. The summed E-state index contributed by atoms with van der Waals surface area (Å²) >= 11 is 0. The fourth-order valence-electron chi connectivity index (χ4n) is 9.25. The minimum Gasteiger partial charge on any atom is -0.394 e. The third kappa shape index (κ3) is 16.5. The maximum absolute atomic E-state index is 13.1. The Balaban J connectivity index is 1.28. The molecule has 0 aromatic rings. The Morgan fingerprint density at radius 3 is 1.40 bits per heavy atom. The summed E-state index contributed by atoms with van der Waals surface area (Å²) in [5.41, 5.74) is 5.29. The number of nitrogens with one attached hydrogen (secondary N) is 5. The molecule has 38 heteroatoms. The van der Waals surface area contributed by atoms with E-state index in [4.69, 9.17) is 52.7 Å². The number of carbonyl (C=O) groups excluding carboxylic acids is 6. The van der Waals surface area contributed by atoms with Crippen LogP contribution in [-0.4, -0.2) is 299 Å². The SMILES string of the molecule is CC(=O)N[C@H]1[C@H](O[C@H]2[C@H](O)[C@@H](NC(C)=O)C(NC(=O)C[C@H](NC(C)=O)C(N)=O)O[C@@H]2CO)O[C@H](CO)[C@@H](O[C@@H]2O[C@H](CO)[C@@H](O[C@@H]3O[C@H](COP(=O)(O)O[C@@H]4O[C@H](CO)[C@@H](O)[C@H](O)[C@H]4NC(C)=O)[C@@H](O)[C@H](O)[C@@H]3O)[C@H](O)[C@@H]2O)[C@@H]1O. The Kier molecular flexibility index (Phi) is 24.3. The molecule has 0 aliphatic carbocycles. The van der Waals surface area contributed by atoms with E-state index in [1.165, 1.54) is 0 Å². The molecule has 460 valence electrons. The molecule has 6 amide bonds. The summed E-state index contributed by atoms with van der Waals surface area (Å²) in [7, 11) is -5.43. The molecule has 0 saturated carbocycles. The largest absolute Gasteiger partial charge is 0.474 e. The molecule has 37 nitrogen and oxygen atoms in total. The molecule has 2 unspecified atom stereocenters. The number of ether oxygens (including phenoxy) is 8. The first-order valence-corrected chi connectivity index (χ1v) is 26.1. The van der Waals surface area contributed by atoms with Crippen LogP contribution in [0.1, 0.15) is 34.1 Å². The lowest BCUT2D eigenvalue weighted by Gasteiger charge is -2.50. The number of phosphoric acid groups is 1. The van der Waals surface area contributed by atoms with Crippen LogP contribution < -0.4 is 32.3 Å². The van der Waals surface area contributed by atoms with E-state index in [0.29, 0.717) is 0 Å². The molecule has 5 heterocycles. The van der Waals surface area contributed by atoms with Gasteiger partial charge in [-0.25, -0.2) is 4.57 Å². The highest BCUT2D eigenvalue weighted by Crippen LogP contribution is 2.47. The Labute approximate surface area is 453 Å². The van der Waals surface area contributed by atoms with Crippen molar-refractivity contribution in [2.75, 3.05) is 33.0 Å². The molecule has 0 spiro atoms. The minimum absolute atomic E-state index is 0.707. The fraction of sp³-hybridized carbons (Fsp3) is 0.857. The molecule has 0 aromatic heterocycles. The molecule has 5 saturated heterocycles. The van der Waals surface area contributed by atoms with Gasteiger partial charge in [0.05, 0.1) is 39.5 Å². The number of nitrogens with two attached hydrogens (primary N) is 1. The monoisotopic (exact) mass is 1190 g/mol. The summed E-state index contributed by atoms with van der Waals surface area (Å²) in [6, 6.07) is -6.59. The Morgan fingerprint density at radius 1 is 0.487 bits per heavy atom. The molecular formula is C42H71N6O31P. The third-order valence-electron chi connectivity index (χ3n) is 13.2. The maximum Gasteiger partial charge on any atom is 0.474 e.